The monoisotopic (exact) mass is 326 g/mol. The van der Waals surface area contributed by atoms with Crippen molar-refractivity contribution in [3.8, 4) is 0 Å². The van der Waals surface area contributed by atoms with Crippen LogP contribution >= 0.6 is 11.6 Å². The number of carbonyl (C=O) groups is 3. The van der Waals surface area contributed by atoms with Crippen LogP contribution in [-0.2, 0) is 9.59 Å². The zero-order chi connectivity index (χ0) is 16.9. The van der Waals surface area contributed by atoms with Gasteiger partial charge in [0.25, 0.3) is 5.91 Å². The minimum absolute atomic E-state index is 0.0947. The Morgan fingerprint density at radius 1 is 1.32 bits per heavy atom. The van der Waals surface area contributed by atoms with Gasteiger partial charge in [0, 0.05) is 30.6 Å². The number of rotatable bonds is 6. The van der Waals surface area contributed by atoms with Gasteiger partial charge in [-0.3, -0.25) is 9.59 Å². The van der Waals surface area contributed by atoms with Gasteiger partial charge in [-0.25, -0.2) is 4.79 Å². The third-order valence-corrected chi connectivity index (χ3v) is 3.32. The molecule has 2 amide bonds. The third kappa shape index (κ3) is 5.04. The molecular formula is C15H19ClN2O4. The lowest BCUT2D eigenvalue weighted by atomic mass is 10.1. The Morgan fingerprint density at radius 2 is 1.95 bits per heavy atom. The van der Waals surface area contributed by atoms with Crippen molar-refractivity contribution in [1.29, 1.82) is 0 Å². The lowest BCUT2D eigenvalue weighted by Gasteiger charge is -2.27. The minimum Gasteiger partial charge on any atom is -0.480 e. The van der Waals surface area contributed by atoms with E-state index in [0.29, 0.717) is 10.6 Å². The van der Waals surface area contributed by atoms with Crippen LogP contribution in [0.2, 0.25) is 5.02 Å². The quantitative estimate of drug-likeness (QED) is 0.833. The summed E-state index contributed by atoms with van der Waals surface area (Å²) in [6.45, 7) is 4.85. The number of carboxylic acid groups (broad SMARTS) is 1. The number of amides is 2. The van der Waals surface area contributed by atoms with Crippen molar-refractivity contribution in [2.24, 2.45) is 0 Å². The second-order valence-corrected chi connectivity index (χ2v) is 5.45. The number of nitrogens with zero attached hydrogens (tertiary/aromatic N) is 1. The number of nitrogens with one attached hydrogen (secondary N) is 1. The molecule has 1 aromatic carbocycles. The van der Waals surface area contributed by atoms with Gasteiger partial charge in [0.15, 0.2) is 0 Å². The lowest BCUT2D eigenvalue weighted by molar-refractivity contribution is -0.141. The summed E-state index contributed by atoms with van der Waals surface area (Å²) in [6.07, 6.45) is 0. The smallest absolute Gasteiger partial charge is 0.326 e. The van der Waals surface area contributed by atoms with E-state index in [0.717, 1.165) is 5.56 Å². The highest BCUT2D eigenvalue weighted by atomic mass is 35.5. The van der Waals surface area contributed by atoms with Gasteiger partial charge in [-0.2, -0.15) is 0 Å². The van der Waals surface area contributed by atoms with Crippen LogP contribution in [0.5, 0.6) is 0 Å². The molecule has 0 aromatic heterocycles. The number of halogens is 1. The van der Waals surface area contributed by atoms with Crippen LogP contribution < -0.4 is 5.32 Å². The summed E-state index contributed by atoms with van der Waals surface area (Å²) < 4.78 is 0. The number of aliphatic carboxylic acids is 1. The first-order valence-corrected chi connectivity index (χ1v) is 7.15. The fourth-order valence-corrected chi connectivity index (χ4v) is 2.27. The average Bonchev–Trinajstić information content (AvgIpc) is 2.40. The van der Waals surface area contributed by atoms with Crippen molar-refractivity contribution in [3.05, 3.63) is 34.3 Å². The van der Waals surface area contributed by atoms with E-state index in [1.807, 2.05) is 0 Å². The fraction of sp³-hybridized carbons (Fsp3) is 0.400. The number of benzene rings is 1. The number of carbonyl (C=O) groups excluding carboxylic acids is 2. The molecular weight excluding hydrogens is 308 g/mol. The molecule has 0 spiro atoms. The molecule has 1 unspecified atom stereocenters. The third-order valence-electron chi connectivity index (χ3n) is 3.10. The Balaban J connectivity index is 3.00. The van der Waals surface area contributed by atoms with Crippen LogP contribution in [0.1, 0.15) is 29.8 Å². The first kappa shape index (κ1) is 18.0. The van der Waals surface area contributed by atoms with Crippen molar-refractivity contribution < 1.29 is 19.5 Å². The maximum atomic E-state index is 12.6. The number of hydrogen-bond acceptors (Lipinski definition) is 3. The van der Waals surface area contributed by atoms with E-state index < -0.39 is 17.9 Å². The van der Waals surface area contributed by atoms with Crippen molar-refractivity contribution >= 4 is 29.4 Å². The van der Waals surface area contributed by atoms with Gasteiger partial charge >= 0.3 is 5.97 Å². The molecule has 0 fully saturated rings. The number of carboxylic acids is 1. The highest BCUT2D eigenvalue weighted by Gasteiger charge is 2.26. The normalized spacial score (nSPS) is 11.6. The maximum absolute atomic E-state index is 12.6. The molecule has 120 valence electrons. The molecule has 0 saturated carbocycles. The SMILES string of the molecule is CC(=O)NCCN(C(=O)c1cc(C)cc(Cl)c1)C(C)C(=O)O. The predicted molar refractivity (Wildman–Crippen MR) is 83.0 cm³/mol. The van der Waals surface area contributed by atoms with E-state index in [4.69, 9.17) is 16.7 Å². The Bertz CT molecular complexity index is 569. The molecule has 0 aliphatic rings. The Morgan fingerprint density at radius 3 is 2.45 bits per heavy atom. The van der Waals surface area contributed by atoms with Crippen molar-refractivity contribution in [3.63, 3.8) is 0 Å². The van der Waals surface area contributed by atoms with E-state index in [1.54, 1.807) is 19.1 Å². The summed E-state index contributed by atoms with van der Waals surface area (Å²) in [5.74, 6) is -1.80. The molecule has 0 bridgehead atoms. The standard InChI is InChI=1S/C15H19ClN2O4/c1-9-6-12(8-13(16)7-9)14(20)18(10(2)15(21)22)5-4-17-11(3)19/h6-8,10H,4-5H2,1-3H3,(H,17,19)(H,21,22). The molecule has 2 N–H and O–H groups in total. The first-order valence-electron chi connectivity index (χ1n) is 6.77. The zero-order valence-corrected chi connectivity index (χ0v) is 13.5. The molecule has 6 nitrogen and oxygen atoms in total. The van der Waals surface area contributed by atoms with Gasteiger partial charge in [0.1, 0.15) is 6.04 Å². The molecule has 1 aromatic rings. The summed E-state index contributed by atoms with van der Waals surface area (Å²) in [4.78, 5) is 35.9. The van der Waals surface area contributed by atoms with Crippen LogP contribution in [0.25, 0.3) is 0 Å². The molecule has 0 aliphatic heterocycles. The maximum Gasteiger partial charge on any atom is 0.326 e. The second kappa shape index (κ2) is 7.79. The van der Waals surface area contributed by atoms with Crippen LogP contribution in [0.15, 0.2) is 18.2 Å². The van der Waals surface area contributed by atoms with Crippen LogP contribution in [0.3, 0.4) is 0 Å². The Kier molecular flexibility index (Phi) is 6.37. The zero-order valence-electron chi connectivity index (χ0n) is 12.7. The molecule has 0 radical (unpaired) electrons. The molecule has 22 heavy (non-hydrogen) atoms. The van der Waals surface area contributed by atoms with E-state index in [9.17, 15) is 14.4 Å². The highest BCUT2D eigenvalue weighted by Crippen LogP contribution is 2.17. The van der Waals surface area contributed by atoms with Gasteiger partial charge in [0.2, 0.25) is 5.91 Å². The van der Waals surface area contributed by atoms with Crippen LogP contribution in [0.4, 0.5) is 0 Å². The fourth-order valence-electron chi connectivity index (χ4n) is 1.98. The van der Waals surface area contributed by atoms with Gasteiger partial charge in [-0.05, 0) is 37.6 Å². The molecule has 1 rings (SSSR count). The molecule has 0 heterocycles. The second-order valence-electron chi connectivity index (χ2n) is 5.01. The summed E-state index contributed by atoms with van der Waals surface area (Å²) in [5.41, 5.74) is 1.13. The largest absolute Gasteiger partial charge is 0.480 e. The van der Waals surface area contributed by atoms with E-state index >= 15 is 0 Å². The van der Waals surface area contributed by atoms with Crippen molar-refractivity contribution in [1.82, 2.24) is 10.2 Å². The molecule has 1 atom stereocenters. The lowest BCUT2D eigenvalue weighted by Crippen LogP contribution is -2.46. The number of aryl methyl sites for hydroxylation is 1. The topological polar surface area (TPSA) is 86.7 Å². The van der Waals surface area contributed by atoms with Crippen molar-refractivity contribution in [2.75, 3.05) is 13.1 Å². The Labute approximate surface area is 134 Å². The summed E-state index contributed by atoms with van der Waals surface area (Å²) in [7, 11) is 0. The van der Waals surface area contributed by atoms with Crippen LogP contribution in [-0.4, -0.2) is 46.9 Å². The van der Waals surface area contributed by atoms with Gasteiger partial charge in [-0.15, -0.1) is 0 Å². The van der Waals surface area contributed by atoms with E-state index in [2.05, 4.69) is 5.32 Å². The summed E-state index contributed by atoms with van der Waals surface area (Å²) in [5, 5.41) is 12.1. The molecule has 0 aliphatic carbocycles. The van der Waals surface area contributed by atoms with E-state index in [-0.39, 0.29) is 19.0 Å². The predicted octanol–water partition coefficient (Wildman–Crippen LogP) is 1.70. The first-order chi connectivity index (χ1) is 10.2. The van der Waals surface area contributed by atoms with Gasteiger partial charge < -0.3 is 15.3 Å². The summed E-state index contributed by atoms with van der Waals surface area (Å²) >= 11 is 5.94. The van der Waals surface area contributed by atoms with Gasteiger partial charge in [0.05, 0.1) is 0 Å². The van der Waals surface area contributed by atoms with E-state index in [1.165, 1.54) is 24.8 Å². The average molecular weight is 327 g/mol. The molecule has 7 heteroatoms. The Hall–Kier alpha value is -2.08. The molecule has 0 saturated heterocycles. The van der Waals surface area contributed by atoms with Crippen LogP contribution in [0, 0.1) is 6.92 Å². The van der Waals surface area contributed by atoms with Gasteiger partial charge in [-0.1, -0.05) is 11.6 Å². The number of hydrogen-bond donors (Lipinski definition) is 2. The highest BCUT2D eigenvalue weighted by molar-refractivity contribution is 6.31. The minimum atomic E-state index is -1.12. The summed E-state index contributed by atoms with van der Waals surface area (Å²) in [6, 6.07) is 3.84. The van der Waals surface area contributed by atoms with Crippen molar-refractivity contribution in [2.45, 2.75) is 26.8 Å².